The summed E-state index contributed by atoms with van der Waals surface area (Å²) in [6.45, 7) is 1.71. The lowest BCUT2D eigenvalue weighted by Gasteiger charge is -2.05. The molecule has 0 saturated carbocycles. The highest BCUT2D eigenvalue weighted by Crippen LogP contribution is 2.14. The molecule has 0 atom stereocenters. The SMILES string of the molecule is C/C(=N\NC(=O)C(=O)Nc1cccc(Cl)c1)c1ccncc1. The molecule has 1 heterocycles. The summed E-state index contributed by atoms with van der Waals surface area (Å²) in [5, 5.41) is 6.77. The highest BCUT2D eigenvalue weighted by molar-refractivity contribution is 6.39. The minimum atomic E-state index is -0.867. The Morgan fingerprint density at radius 3 is 2.55 bits per heavy atom. The van der Waals surface area contributed by atoms with E-state index < -0.39 is 11.8 Å². The van der Waals surface area contributed by atoms with E-state index in [1.54, 1.807) is 49.6 Å². The summed E-state index contributed by atoms with van der Waals surface area (Å²) in [5.41, 5.74) is 3.99. The van der Waals surface area contributed by atoms with Gasteiger partial charge in [-0.1, -0.05) is 17.7 Å². The van der Waals surface area contributed by atoms with E-state index in [9.17, 15) is 9.59 Å². The minimum Gasteiger partial charge on any atom is -0.318 e. The first-order chi connectivity index (χ1) is 10.6. The number of hydrazone groups is 1. The topological polar surface area (TPSA) is 83.5 Å². The largest absolute Gasteiger partial charge is 0.329 e. The molecule has 0 aliphatic carbocycles. The second kappa shape index (κ2) is 7.33. The molecule has 2 aromatic rings. The van der Waals surface area contributed by atoms with Gasteiger partial charge < -0.3 is 5.32 Å². The Balaban J connectivity index is 1.96. The van der Waals surface area contributed by atoms with Crippen LogP contribution in [0.3, 0.4) is 0 Å². The van der Waals surface area contributed by atoms with E-state index in [1.165, 1.54) is 6.07 Å². The van der Waals surface area contributed by atoms with Crippen LogP contribution >= 0.6 is 11.6 Å². The van der Waals surface area contributed by atoms with Gasteiger partial charge in [-0.3, -0.25) is 14.6 Å². The second-order valence-electron chi connectivity index (χ2n) is 4.34. The maximum atomic E-state index is 11.7. The van der Waals surface area contributed by atoms with Crippen molar-refractivity contribution in [3.8, 4) is 0 Å². The molecule has 6 nitrogen and oxygen atoms in total. The first-order valence-electron chi connectivity index (χ1n) is 6.38. The van der Waals surface area contributed by atoms with Crippen LogP contribution in [-0.2, 0) is 9.59 Å². The Kier molecular flexibility index (Phi) is 5.21. The first-order valence-corrected chi connectivity index (χ1v) is 6.75. The van der Waals surface area contributed by atoms with Crippen LogP contribution in [0, 0.1) is 0 Å². The van der Waals surface area contributed by atoms with E-state index >= 15 is 0 Å². The monoisotopic (exact) mass is 316 g/mol. The summed E-state index contributed by atoms with van der Waals surface area (Å²) in [6, 6.07) is 10.00. The number of rotatable bonds is 3. The van der Waals surface area contributed by atoms with Crippen LogP contribution in [-0.4, -0.2) is 22.5 Å². The van der Waals surface area contributed by atoms with Gasteiger partial charge in [0, 0.05) is 28.7 Å². The van der Waals surface area contributed by atoms with Crippen molar-refractivity contribution in [2.75, 3.05) is 5.32 Å². The number of amides is 2. The highest BCUT2D eigenvalue weighted by Gasteiger charge is 2.13. The third-order valence-corrected chi connectivity index (χ3v) is 2.95. The number of carbonyl (C=O) groups excluding carboxylic acids is 2. The Labute approximate surface area is 132 Å². The molecule has 0 aliphatic heterocycles. The van der Waals surface area contributed by atoms with Crippen LogP contribution in [0.5, 0.6) is 0 Å². The van der Waals surface area contributed by atoms with Crippen LogP contribution in [0.15, 0.2) is 53.9 Å². The molecule has 22 heavy (non-hydrogen) atoms. The number of nitrogens with one attached hydrogen (secondary N) is 2. The third kappa shape index (κ3) is 4.39. The molecule has 0 saturated heterocycles. The van der Waals surface area contributed by atoms with Crippen LogP contribution in [0.4, 0.5) is 5.69 Å². The van der Waals surface area contributed by atoms with Gasteiger partial charge in [0.2, 0.25) is 0 Å². The summed E-state index contributed by atoms with van der Waals surface area (Å²) in [6.07, 6.45) is 3.23. The minimum absolute atomic E-state index is 0.433. The highest BCUT2D eigenvalue weighted by atomic mass is 35.5. The summed E-state index contributed by atoms with van der Waals surface area (Å²) >= 11 is 5.80. The van der Waals surface area contributed by atoms with Crippen molar-refractivity contribution in [1.82, 2.24) is 10.4 Å². The number of halogens is 1. The van der Waals surface area contributed by atoms with Crippen LogP contribution in [0.25, 0.3) is 0 Å². The first kappa shape index (κ1) is 15.7. The number of aromatic nitrogens is 1. The van der Waals surface area contributed by atoms with E-state index in [4.69, 9.17) is 11.6 Å². The van der Waals surface area contributed by atoms with E-state index in [1.807, 2.05) is 0 Å². The van der Waals surface area contributed by atoms with E-state index in [-0.39, 0.29) is 0 Å². The van der Waals surface area contributed by atoms with Crippen molar-refractivity contribution in [2.45, 2.75) is 6.92 Å². The molecule has 1 aromatic heterocycles. The van der Waals surface area contributed by atoms with Crippen LogP contribution in [0.1, 0.15) is 12.5 Å². The van der Waals surface area contributed by atoms with Gasteiger partial charge >= 0.3 is 11.8 Å². The molecule has 0 unspecified atom stereocenters. The Hall–Kier alpha value is -2.73. The summed E-state index contributed by atoms with van der Waals surface area (Å²) in [7, 11) is 0. The molecule has 112 valence electrons. The summed E-state index contributed by atoms with van der Waals surface area (Å²) in [5.74, 6) is -1.69. The number of hydrogen-bond acceptors (Lipinski definition) is 4. The average molecular weight is 317 g/mol. The van der Waals surface area contributed by atoms with E-state index in [2.05, 4.69) is 20.8 Å². The predicted molar refractivity (Wildman–Crippen MR) is 84.7 cm³/mol. The molecule has 2 amide bonds. The van der Waals surface area contributed by atoms with Gasteiger partial charge in [-0.25, -0.2) is 5.43 Å². The van der Waals surface area contributed by atoms with Crippen molar-refractivity contribution >= 4 is 34.8 Å². The van der Waals surface area contributed by atoms with E-state index in [0.29, 0.717) is 16.4 Å². The molecule has 2 rings (SSSR count). The molecular weight excluding hydrogens is 304 g/mol. The maximum Gasteiger partial charge on any atom is 0.329 e. The third-order valence-electron chi connectivity index (χ3n) is 2.71. The Bertz CT molecular complexity index is 716. The zero-order valence-corrected chi connectivity index (χ0v) is 12.5. The zero-order chi connectivity index (χ0) is 15.9. The normalized spacial score (nSPS) is 10.9. The number of anilines is 1. The predicted octanol–water partition coefficient (Wildman–Crippen LogP) is 2.21. The lowest BCUT2D eigenvalue weighted by Crippen LogP contribution is -2.32. The van der Waals surface area contributed by atoms with Gasteiger partial charge in [0.25, 0.3) is 0 Å². The molecule has 2 N–H and O–H groups in total. The van der Waals surface area contributed by atoms with Crippen molar-refractivity contribution in [3.05, 3.63) is 59.4 Å². The molecule has 0 aliphatic rings. The number of pyridine rings is 1. The number of nitrogens with zero attached hydrogens (tertiary/aromatic N) is 2. The number of hydrogen-bond donors (Lipinski definition) is 2. The average Bonchev–Trinajstić information content (AvgIpc) is 2.53. The standard InChI is InChI=1S/C15H13ClN4O2/c1-10(11-5-7-17-8-6-11)19-20-15(22)14(21)18-13-4-2-3-12(16)9-13/h2-9H,1H3,(H,18,21)(H,20,22)/b19-10+. The number of benzene rings is 1. The Morgan fingerprint density at radius 2 is 1.86 bits per heavy atom. The number of carbonyl (C=O) groups is 2. The molecule has 0 fully saturated rings. The van der Waals surface area contributed by atoms with Crippen molar-refractivity contribution in [3.63, 3.8) is 0 Å². The second-order valence-corrected chi connectivity index (χ2v) is 4.77. The smallest absolute Gasteiger partial charge is 0.318 e. The fourth-order valence-electron chi connectivity index (χ4n) is 1.60. The van der Waals surface area contributed by atoms with E-state index in [0.717, 1.165) is 5.56 Å². The lowest BCUT2D eigenvalue weighted by atomic mass is 10.2. The molecular formula is C15H13ClN4O2. The van der Waals surface area contributed by atoms with Gasteiger partial charge in [0.1, 0.15) is 0 Å². The van der Waals surface area contributed by atoms with Gasteiger partial charge in [-0.05, 0) is 37.3 Å². The van der Waals surface area contributed by atoms with Gasteiger partial charge in [-0.2, -0.15) is 5.10 Å². The van der Waals surface area contributed by atoms with Crippen molar-refractivity contribution in [2.24, 2.45) is 5.10 Å². The lowest BCUT2D eigenvalue weighted by molar-refractivity contribution is -0.136. The van der Waals surface area contributed by atoms with Crippen molar-refractivity contribution in [1.29, 1.82) is 0 Å². The van der Waals surface area contributed by atoms with Crippen molar-refractivity contribution < 1.29 is 9.59 Å². The van der Waals surface area contributed by atoms with Crippen LogP contribution in [0.2, 0.25) is 5.02 Å². The molecule has 0 radical (unpaired) electrons. The molecule has 7 heteroatoms. The molecule has 0 spiro atoms. The quantitative estimate of drug-likeness (QED) is 0.517. The summed E-state index contributed by atoms with van der Waals surface area (Å²) in [4.78, 5) is 27.3. The van der Waals surface area contributed by atoms with Gasteiger partial charge in [0.15, 0.2) is 0 Å². The Morgan fingerprint density at radius 1 is 1.14 bits per heavy atom. The van der Waals surface area contributed by atoms with Gasteiger partial charge in [0.05, 0.1) is 5.71 Å². The molecule has 1 aromatic carbocycles. The zero-order valence-electron chi connectivity index (χ0n) is 11.7. The fourth-order valence-corrected chi connectivity index (χ4v) is 1.79. The summed E-state index contributed by atoms with van der Waals surface area (Å²) < 4.78 is 0. The fraction of sp³-hybridized carbons (Fsp3) is 0.0667. The van der Waals surface area contributed by atoms with Gasteiger partial charge in [-0.15, -0.1) is 0 Å². The molecule has 0 bridgehead atoms. The maximum absolute atomic E-state index is 11.7. The van der Waals surface area contributed by atoms with Crippen LogP contribution < -0.4 is 10.7 Å².